The van der Waals surface area contributed by atoms with Crippen molar-refractivity contribution in [2.45, 2.75) is 0 Å². The van der Waals surface area contributed by atoms with Crippen LogP contribution in [0.15, 0.2) is 48.8 Å². The number of nitrogens with zero attached hydrogens (tertiary/aromatic N) is 4. The van der Waals surface area contributed by atoms with Crippen LogP contribution in [0.3, 0.4) is 0 Å². The third-order valence-electron chi connectivity index (χ3n) is 3.32. The summed E-state index contributed by atoms with van der Waals surface area (Å²) in [6, 6.07) is 13.1. The molecule has 0 amide bonds. The molecule has 2 heterocycles. The Bertz CT molecular complexity index is 996. The number of para-hydroxylation sites is 2. The molecular weight excluding hydrogens is 321 g/mol. The van der Waals surface area contributed by atoms with Crippen LogP contribution in [-0.4, -0.2) is 19.6 Å². The molecule has 0 aliphatic carbocycles. The van der Waals surface area contributed by atoms with Gasteiger partial charge in [-0.05, 0) is 30.3 Å². The van der Waals surface area contributed by atoms with E-state index in [2.05, 4.69) is 20.5 Å². The highest BCUT2D eigenvalue weighted by molar-refractivity contribution is 6.42. The van der Waals surface area contributed by atoms with Gasteiger partial charge in [-0.2, -0.15) is 0 Å². The molecule has 2 aromatic heterocycles. The maximum Gasteiger partial charge on any atom is 0.204 e. The number of hydrogen-bond donors (Lipinski definition) is 1. The van der Waals surface area contributed by atoms with Gasteiger partial charge in [0, 0.05) is 5.69 Å². The van der Waals surface area contributed by atoms with E-state index < -0.39 is 0 Å². The van der Waals surface area contributed by atoms with Gasteiger partial charge in [-0.15, -0.1) is 10.2 Å². The average molecular weight is 330 g/mol. The summed E-state index contributed by atoms with van der Waals surface area (Å²) in [6.07, 6.45) is 1.67. The molecule has 7 heteroatoms. The first-order chi connectivity index (χ1) is 10.7. The predicted molar refractivity (Wildman–Crippen MR) is 88.0 cm³/mol. The summed E-state index contributed by atoms with van der Waals surface area (Å²) >= 11 is 12.0. The molecule has 0 unspecified atom stereocenters. The molecule has 2 aromatic carbocycles. The Morgan fingerprint density at radius 3 is 2.73 bits per heavy atom. The van der Waals surface area contributed by atoms with Crippen LogP contribution in [0.1, 0.15) is 0 Å². The standard InChI is InChI=1S/C15H9Cl2N5/c16-10-6-5-9(7-11(10)17)19-14-15-21-18-8-22(15)13-4-2-1-3-12(13)20-14/h1-8H,(H,19,20). The van der Waals surface area contributed by atoms with Crippen molar-refractivity contribution in [3.8, 4) is 0 Å². The lowest BCUT2D eigenvalue weighted by atomic mass is 10.3. The van der Waals surface area contributed by atoms with Gasteiger partial charge in [-0.1, -0.05) is 35.3 Å². The average Bonchev–Trinajstić information content (AvgIpc) is 3.01. The summed E-state index contributed by atoms with van der Waals surface area (Å²) in [6.45, 7) is 0. The molecule has 1 N–H and O–H groups in total. The molecule has 0 bridgehead atoms. The van der Waals surface area contributed by atoms with Crippen molar-refractivity contribution in [2.75, 3.05) is 5.32 Å². The molecular formula is C15H9Cl2N5. The fourth-order valence-corrected chi connectivity index (χ4v) is 2.60. The Balaban J connectivity index is 1.89. The number of benzene rings is 2. The molecule has 0 saturated carbocycles. The lowest BCUT2D eigenvalue weighted by Gasteiger charge is -2.09. The largest absolute Gasteiger partial charge is 0.337 e. The minimum Gasteiger partial charge on any atom is -0.337 e. The van der Waals surface area contributed by atoms with Crippen LogP contribution in [0, 0.1) is 0 Å². The van der Waals surface area contributed by atoms with Gasteiger partial charge in [0.15, 0.2) is 5.82 Å². The Morgan fingerprint density at radius 2 is 1.86 bits per heavy atom. The molecule has 0 aliphatic heterocycles. The normalized spacial score (nSPS) is 11.2. The first-order valence-corrected chi connectivity index (χ1v) is 7.28. The lowest BCUT2D eigenvalue weighted by Crippen LogP contribution is -1.99. The second-order valence-electron chi connectivity index (χ2n) is 4.73. The van der Waals surface area contributed by atoms with Gasteiger partial charge in [0.1, 0.15) is 6.33 Å². The van der Waals surface area contributed by atoms with Gasteiger partial charge in [-0.3, -0.25) is 4.40 Å². The Labute approximate surface area is 135 Å². The van der Waals surface area contributed by atoms with Crippen LogP contribution < -0.4 is 5.32 Å². The molecule has 0 atom stereocenters. The fraction of sp³-hybridized carbons (Fsp3) is 0. The van der Waals surface area contributed by atoms with Crippen molar-refractivity contribution in [1.82, 2.24) is 19.6 Å². The highest BCUT2D eigenvalue weighted by atomic mass is 35.5. The summed E-state index contributed by atoms with van der Waals surface area (Å²) in [5.41, 5.74) is 3.21. The highest BCUT2D eigenvalue weighted by Gasteiger charge is 2.10. The van der Waals surface area contributed by atoms with Gasteiger partial charge in [0.25, 0.3) is 0 Å². The monoisotopic (exact) mass is 329 g/mol. The molecule has 0 saturated heterocycles. The Hall–Kier alpha value is -2.37. The predicted octanol–water partition coefficient (Wildman–Crippen LogP) is 4.33. The van der Waals surface area contributed by atoms with Gasteiger partial charge in [0.05, 0.1) is 21.1 Å². The number of aromatic nitrogens is 4. The van der Waals surface area contributed by atoms with Crippen LogP contribution >= 0.6 is 23.2 Å². The second kappa shape index (κ2) is 5.12. The first kappa shape index (κ1) is 13.3. The fourth-order valence-electron chi connectivity index (χ4n) is 2.30. The molecule has 5 nitrogen and oxygen atoms in total. The SMILES string of the molecule is Clc1ccc(Nc2nc3ccccc3n3cnnc23)cc1Cl. The first-order valence-electron chi connectivity index (χ1n) is 6.53. The van der Waals surface area contributed by atoms with Crippen LogP contribution in [-0.2, 0) is 0 Å². The minimum atomic E-state index is 0.477. The van der Waals surface area contributed by atoms with Crippen LogP contribution in [0.25, 0.3) is 16.7 Å². The summed E-state index contributed by atoms with van der Waals surface area (Å²) in [7, 11) is 0. The number of nitrogens with one attached hydrogen (secondary N) is 1. The number of rotatable bonds is 2. The number of hydrogen-bond acceptors (Lipinski definition) is 4. The van der Waals surface area contributed by atoms with E-state index in [9.17, 15) is 0 Å². The van der Waals surface area contributed by atoms with E-state index in [4.69, 9.17) is 23.2 Å². The van der Waals surface area contributed by atoms with Crippen molar-refractivity contribution in [3.05, 3.63) is 58.8 Å². The van der Waals surface area contributed by atoms with Crippen LogP contribution in [0.2, 0.25) is 10.0 Å². The van der Waals surface area contributed by atoms with Crippen molar-refractivity contribution in [2.24, 2.45) is 0 Å². The summed E-state index contributed by atoms with van der Waals surface area (Å²) in [4.78, 5) is 4.61. The van der Waals surface area contributed by atoms with Gasteiger partial charge < -0.3 is 5.32 Å². The highest BCUT2D eigenvalue weighted by Crippen LogP contribution is 2.28. The Kier molecular flexibility index (Phi) is 3.10. The van der Waals surface area contributed by atoms with Crippen molar-refractivity contribution in [1.29, 1.82) is 0 Å². The number of anilines is 2. The lowest BCUT2D eigenvalue weighted by molar-refractivity contribution is 1.11. The van der Waals surface area contributed by atoms with Crippen LogP contribution in [0.5, 0.6) is 0 Å². The van der Waals surface area contributed by atoms with E-state index in [-0.39, 0.29) is 0 Å². The number of halogens is 2. The molecule has 0 spiro atoms. The smallest absolute Gasteiger partial charge is 0.204 e. The molecule has 4 rings (SSSR count). The molecule has 22 heavy (non-hydrogen) atoms. The van der Waals surface area contributed by atoms with E-state index >= 15 is 0 Å². The molecule has 108 valence electrons. The second-order valence-corrected chi connectivity index (χ2v) is 5.54. The van der Waals surface area contributed by atoms with Gasteiger partial charge >= 0.3 is 0 Å². The zero-order valence-electron chi connectivity index (χ0n) is 11.2. The quantitative estimate of drug-likeness (QED) is 0.594. The maximum atomic E-state index is 6.05. The minimum absolute atomic E-state index is 0.477. The maximum absolute atomic E-state index is 6.05. The molecule has 0 fully saturated rings. The number of fused-ring (bicyclic) bond motifs is 3. The topological polar surface area (TPSA) is 55.1 Å². The third kappa shape index (κ3) is 2.15. The van der Waals surface area contributed by atoms with E-state index in [1.165, 1.54) is 0 Å². The van der Waals surface area contributed by atoms with Crippen molar-refractivity contribution in [3.63, 3.8) is 0 Å². The van der Waals surface area contributed by atoms with Gasteiger partial charge in [-0.25, -0.2) is 4.98 Å². The van der Waals surface area contributed by atoms with E-state index in [1.54, 1.807) is 18.5 Å². The molecule has 0 aliphatic rings. The summed E-state index contributed by atoms with van der Waals surface area (Å²) in [5.74, 6) is 0.606. The molecule has 0 radical (unpaired) electrons. The third-order valence-corrected chi connectivity index (χ3v) is 4.05. The van der Waals surface area contributed by atoms with E-state index in [1.807, 2.05) is 34.7 Å². The van der Waals surface area contributed by atoms with Crippen LogP contribution in [0.4, 0.5) is 11.5 Å². The summed E-state index contributed by atoms with van der Waals surface area (Å²) < 4.78 is 1.89. The van der Waals surface area contributed by atoms with E-state index in [0.717, 1.165) is 16.7 Å². The van der Waals surface area contributed by atoms with Crippen molar-refractivity contribution < 1.29 is 0 Å². The molecule has 4 aromatic rings. The Morgan fingerprint density at radius 1 is 1.00 bits per heavy atom. The zero-order chi connectivity index (χ0) is 15.1. The van der Waals surface area contributed by atoms with Crippen molar-refractivity contribution >= 4 is 51.4 Å². The zero-order valence-corrected chi connectivity index (χ0v) is 12.7. The van der Waals surface area contributed by atoms with E-state index in [0.29, 0.717) is 21.5 Å². The summed E-state index contributed by atoms with van der Waals surface area (Å²) in [5, 5.41) is 12.3. The van der Waals surface area contributed by atoms with Gasteiger partial charge in [0.2, 0.25) is 5.65 Å².